The summed E-state index contributed by atoms with van der Waals surface area (Å²) in [6, 6.07) is 0.842. The fraction of sp³-hybridized carbons (Fsp3) is 0.615. The molecule has 2 fully saturated rings. The molecule has 0 spiro atoms. The van der Waals surface area contributed by atoms with Crippen LogP contribution in [0, 0.1) is 5.92 Å². The number of thiazole rings is 1. The number of pyridine rings is 1. The third-order valence-corrected chi connectivity index (χ3v) is 7.89. The Bertz CT molecular complexity index is 1210. The van der Waals surface area contributed by atoms with Crippen molar-refractivity contribution < 1.29 is 27.9 Å². The van der Waals surface area contributed by atoms with Crippen molar-refractivity contribution in [2.24, 2.45) is 5.92 Å². The summed E-state index contributed by atoms with van der Waals surface area (Å²) in [4.78, 5) is 36.5. The van der Waals surface area contributed by atoms with Crippen LogP contribution in [0.2, 0.25) is 0 Å². The molecule has 0 bridgehead atoms. The number of anilines is 1. The minimum Gasteiger partial charge on any atom is -0.390 e. The van der Waals surface area contributed by atoms with Gasteiger partial charge in [-0.25, -0.2) is 9.97 Å². The van der Waals surface area contributed by atoms with E-state index in [0.717, 1.165) is 36.4 Å². The maximum absolute atomic E-state index is 14.3. The lowest BCUT2D eigenvalue weighted by atomic mass is 9.72. The van der Waals surface area contributed by atoms with Gasteiger partial charge in [0.1, 0.15) is 11.5 Å². The molecule has 2 aromatic rings. The fourth-order valence-electron chi connectivity index (χ4n) is 5.08. The van der Waals surface area contributed by atoms with Crippen LogP contribution in [0.3, 0.4) is 0 Å². The first kappa shape index (κ1) is 28.3. The molecule has 0 radical (unpaired) electrons. The second-order valence-electron chi connectivity index (χ2n) is 11.7. The van der Waals surface area contributed by atoms with Crippen molar-refractivity contribution in [2.75, 3.05) is 18.4 Å². The van der Waals surface area contributed by atoms with E-state index in [1.165, 1.54) is 0 Å². The van der Waals surface area contributed by atoms with Crippen LogP contribution in [-0.2, 0) is 6.18 Å². The highest BCUT2D eigenvalue weighted by molar-refractivity contribution is 7.17. The summed E-state index contributed by atoms with van der Waals surface area (Å²) in [7, 11) is 0. The normalized spacial score (nSPS) is 23.8. The number of carbonyl (C=O) groups excluding carboxylic acids is 2. The summed E-state index contributed by atoms with van der Waals surface area (Å²) < 4.78 is 42.8. The van der Waals surface area contributed by atoms with Gasteiger partial charge in [-0.15, -0.1) is 11.3 Å². The van der Waals surface area contributed by atoms with Crippen molar-refractivity contribution in [3.8, 4) is 10.4 Å². The van der Waals surface area contributed by atoms with Gasteiger partial charge < -0.3 is 20.6 Å². The monoisotopic (exact) mass is 553 g/mol. The SMILES string of the molecule is C[C@H]1CCCN1C(=O)c1nc(C(=O)NCC2CC(C)(O)C2)sc1-c1cnc(NC(C)(C)C)cc1C(F)(F)F. The Kier molecular flexibility index (Phi) is 7.52. The number of amides is 2. The highest BCUT2D eigenvalue weighted by atomic mass is 32.1. The van der Waals surface area contributed by atoms with Gasteiger partial charge in [-0.05, 0) is 72.3 Å². The number of rotatable bonds is 6. The highest BCUT2D eigenvalue weighted by Crippen LogP contribution is 2.42. The average molecular weight is 554 g/mol. The van der Waals surface area contributed by atoms with E-state index in [1.54, 1.807) is 11.8 Å². The predicted molar refractivity (Wildman–Crippen MR) is 139 cm³/mol. The van der Waals surface area contributed by atoms with Gasteiger partial charge in [-0.2, -0.15) is 13.2 Å². The van der Waals surface area contributed by atoms with Crippen molar-refractivity contribution in [3.05, 3.63) is 28.5 Å². The molecule has 1 saturated heterocycles. The highest BCUT2D eigenvalue weighted by Gasteiger charge is 2.40. The lowest BCUT2D eigenvalue weighted by Gasteiger charge is -2.40. The summed E-state index contributed by atoms with van der Waals surface area (Å²) in [5.74, 6) is -0.915. The Hall–Kier alpha value is -2.73. The van der Waals surface area contributed by atoms with E-state index < -0.39 is 34.7 Å². The summed E-state index contributed by atoms with van der Waals surface area (Å²) in [5, 5.41) is 15.5. The van der Waals surface area contributed by atoms with E-state index in [-0.39, 0.29) is 38.9 Å². The largest absolute Gasteiger partial charge is 0.417 e. The first-order valence-electron chi connectivity index (χ1n) is 12.7. The molecule has 1 aliphatic carbocycles. The average Bonchev–Trinajstić information content (AvgIpc) is 3.40. The van der Waals surface area contributed by atoms with E-state index in [2.05, 4.69) is 20.6 Å². The summed E-state index contributed by atoms with van der Waals surface area (Å²) in [6.07, 6.45) is -0.987. The number of likely N-dealkylation sites (tertiary alicyclic amines) is 1. The van der Waals surface area contributed by atoms with Crippen LogP contribution >= 0.6 is 11.3 Å². The zero-order valence-corrected chi connectivity index (χ0v) is 23.0. The zero-order valence-electron chi connectivity index (χ0n) is 22.2. The quantitative estimate of drug-likeness (QED) is 0.467. The molecule has 2 aromatic heterocycles. The maximum atomic E-state index is 14.3. The first-order chi connectivity index (χ1) is 17.5. The van der Waals surface area contributed by atoms with E-state index in [4.69, 9.17) is 0 Å². The van der Waals surface area contributed by atoms with E-state index in [0.29, 0.717) is 25.9 Å². The molecule has 8 nitrogen and oxygen atoms in total. The zero-order chi connectivity index (χ0) is 28.0. The molecule has 3 N–H and O–H groups in total. The van der Waals surface area contributed by atoms with E-state index in [9.17, 15) is 27.9 Å². The topological polar surface area (TPSA) is 107 Å². The van der Waals surface area contributed by atoms with Crippen molar-refractivity contribution >= 4 is 29.0 Å². The lowest BCUT2D eigenvalue weighted by molar-refractivity contribution is -0.137. The van der Waals surface area contributed by atoms with Crippen molar-refractivity contribution in [3.63, 3.8) is 0 Å². The summed E-state index contributed by atoms with van der Waals surface area (Å²) >= 11 is 0.755. The Balaban J connectivity index is 1.72. The maximum Gasteiger partial charge on any atom is 0.417 e. The number of aromatic nitrogens is 2. The van der Waals surface area contributed by atoms with Crippen molar-refractivity contribution in [1.29, 1.82) is 0 Å². The molecule has 208 valence electrons. The van der Waals surface area contributed by atoms with E-state index >= 15 is 0 Å². The van der Waals surface area contributed by atoms with Crippen LogP contribution in [0.15, 0.2) is 12.3 Å². The predicted octanol–water partition coefficient (Wildman–Crippen LogP) is 4.95. The van der Waals surface area contributed by atoms with E-state index in [1.807, 2.05) is 27.7 Å². The molecular weight excluding hydrogens is 519 g/mol. The van der Waals surface area contributed by atoms with Crippen LogP contribution in [0.5, 0.6) is 0 Å². The van der Waals surface area contributed by atoms with Gasteiger partial charge in [0, 0.05) is 36.4 Å². The van der Waals surface area contributed by atoms with Crippen LogP contribution in [-0.4, -0.2) is 62.1 Å². The second kappa shape index (κ2) is 10.1. The summed E-state index contributed by atoms with van der Waals surface area (Å²) in [6.45, 7) is 9.81. The molecule has 1 atom stereocenters. The molecule has 4 rings (SSSR count). The van der Waals surface area contributed by atoms with Gasteiger partial charge >= 0.3 is 6.18 Å². The molecular formula is C26H34F3N5O3S. The number of carbonyl (C=O) groups is 2. The molecule has 12 heteroatoms. The Morgan fingerprint density at radius 3 is 2.50 bits per heavy atom. The van der Waals surface area contributed by atoms with Crippen molar-refractivity contribution in [2.45, 2.75) is 83.7 Å². The third kappa shape index (κ3) is 6.28. The smallest absolute Gasteiger partial charge is 0.390 e. The summed E-state index contributed by atoms with van der Waals surface area (Å²) in [5.41, 5.74) is -2.70. The Labute approximate surface area is 224 Å². The minimum atomic E-state index is -4.73. The Morgan fingerprint density at radius 1 is 1.26 bits per heavy atom. The number of hydrogen-bond acceptors (Lipinski definition) is 7. The first-order valence-corrected chi connectivity index (χ1v) is 13.5. The molecule has 38 heavy (non-hydrogen) atoms. The molecule has 2 aliphatic rings. The molecule has 0 aromatic carbocycles. The van der Waals surface area contributed by atoms with Gasteiger partial charge in [-0.3, -0.25) is 9.59 Å². The fourth-order valence-corrected chi connectivity index (χ4v) is 6.08. The number of nitrogens with zero attached hydrogens (tertiary/aromatic N) is 3. The van der Waals surface area contributed by atoms with Gasteiger partial charge in [-0.1, -0.05) is 0 Å². The number of halogens is 3. The lowest BCUT2D eigenvalue weighted by Crippen LogP contribution is -2.46. The van der Waals surface area contributed by atoms with Crippen LogP contribution in [0.1, 0.15) is 86.2 Å². The van der Waals surface area contributed by atoms with Crippen LogP contribution < -0.4 is 10.6 Å². The molecule has 3 heterocycles. The number of aliphatic hydroxyl groups is 1. The van der Waals surface area contributed by atoms with Gasteiger partial charge in [0.25, 0.3) is 11.8 Å². The number of hydrogen-bond donors (Lipinski definition) is 3. The number of nitrogens with one attached hydrogen (secondary N) is 2. The molecule has 0 unspecified atom stereocenters. The second-order valence-corrected chi connectivity index (χ2v) is 12.7. The van der Waals surface area contributed by atoms with Crippen LogP contribution in [0.4, 0.5) is 19.0 Å². The molecule has 2 amide bonds. The van der Waals surface area contributed by atoms with Crippen LogP contribution in [0.25, 0.3) is 10.4 Å². The number of alkyl halides is 3. The standard InChI is InChI=1S/C26H34F3N5O3S/c1-14-7-6-8-34(14)23(36)19-20(38-22(32-19)21(35)31-12-15-10-25(5,37)11-15)16-13-30-18(33-24(2,3)4)9-17(16)26(27,28)29/h9,13-15,37H,6-8,10-12H2,1-5H3,(H,30,33)(H,31,35)/t14-,15?,25?/m0/s1. The molecule has 1 saturated carbocycles. The van der Waals surface area contributed by atoms with Gasteiger partial charge in [0.05, 0.1) is 16.0 Å². The third-order valence-electron chi connectivity index (χ3n) is 6.80. The molecule has 1 aliphatic heterocycles. The van der Waals surface area contributed by atoms with Crippen molar-refractivity contribution in [1.82, 2.24) is 20.2 Å². The Morgan fingerprint density at radius 2 is 1.95 bits per heavy atom. The van der Waals surface area contributed by atoms with Gasteiger partial charge in [0.2, 0.25) is 0 Å². The minimum absolute atomic E-state index is 0.0343. The van der Waals surface area contributed by atoms with Gasteiger partial charge in [0.15, 0.2) is 5.01 Å².